The SMILES string of the molecule is O=C(Nc1ccc(C(=O)NC2CCCCC2)cc1)c1ccnc(-n2cnnc2)c1. The van der Waals surface area contributed by atoms with Gasteiger partial charge in [-0.3, -0.25) is 14.2 Å². The molecule has 1 aromatic carbocycles. The highest BCUT2D eigenvalue weighted by molar-refractivity contribution is 6.04. The largest absolute Gasteiger partial charge is 0.349 e. The molecule has 148 valence electrons. The molecule has 0 radical (unpaired) electrons. The predicted molar refractivity (Wildman–Crippen MR) is 108 cm³/mol. The lowest BCUT2D eigenvalue weighted by molar-refractivity contribution is 0.0927. The van der Waals surface area contributed by atoms with Crippen molar-refractivity contribution < 1.29 is 9.59 Å². The van der Waals surface area contributed by atoms with Gasteiger partial charge in [0.2, 0.25) is 0 Å². The smallest absolute Gasteiger partial charge is 0.255 e. The number of nitrogens with one attached hydrogen (secondary N) is 2. The molecule has 1 aliphatic rings. The number of benzene rings is 1. The predicted octanol–water partition coefficient (Wildman–Crippen LogP) is 2.98. The van der Waals surface area contributed by atoms with Crippen LogP contribution in [0.3, 0.4) is 0 Å². The van der Waals surface area contributed by atoms with Crippen LogP contribution >= 0.6 is 0 Å². The summed E-state index contributed by atoms with van der Waals surface area (Å²) in [5, 5.41) is 13.4. The fourth-order valence-corrected chi connectivity index (χ4v) is 3.44. The van der Waals surface area contributed by atoms with Gasteiger partial charge in [-0.1, -0.05) is 19.3 Å². The molecule has 2 N–H and O–H groups in total. The van der Waals surface area contributed by atoms with Gasteiger partial charge in [-0.2, -0.15) is 0 Å². The first-order valence-corrected chi connectivity index (χ1v) is 9.72. The van der Waals surface area contributed by atoms with Crippen LogP contribution in [0, 0.1) is 0 Å². The van der Waals surface area contributed by atoms with Crippen LogP contribution in [0.25, 0.3) is 5.82 Å². The molecule has 0 atom stereocenters. The van der Waals surface area contributed by atoms with Crippen molar-refractivity contribution >= 4 is 17.5 Å². The van der Waals surface area contributed by atoms with E-state index >= 15 is 0 Å². The van der Waals surface area contributed by atoms with Gasteiger partial charge in [0.15, 0.2) is 0 Å². The van der Waals surface area contributed by atoms with Gasteiger partial charge in [0, 0.05) is 29.1 Å². The minimum Gasteiger partial charge on any atom is -0.349 e. The van der Waals surface area contributed by atoms with Gasteiger partial charge in [-0.25, -0.2) is 4.98 Å². The van der Waals surface area contributed by atoms with Crippen molar-refractivity contribution in [3.8, 4) is 5.82 Å². The molecule has 0 unspecified atom stereocenters. The third-order valence-corrected chi connectivity index (χ3v) is 5.04. The molecule has 4 rings (SSSR count). The summed E-state index contributed by atoms with van der Waals surface area (Å²) < 4.78 is 1.62. The molecule has 1 aliphatic carbocycles. The van der Waals surface area contributed by atoms with Gasteiger partial charge in [-0.15, -0.1) is 10.2 Å². The Bertz CT molecular complexity index is 979. The molecule has 0 spiro atoms. The average molecular weight is 390 g/mol. The van der Waals surface area contributed by atoms with Crippen molar-refractivity contribution in [3.05, 3.63) is 66.4 Å². The molecular weight excluding hydrogens is 368 g/mol. The van der Waals surface area contributed by atoms with Gasteiger partial charge in [0.05, 0.1) is 0 Å². The van der Waals surface area contributed by atoms with Crippen LogP contribution in [0.5, 0.6) is 0 Å². The van der Waals surface area contributed by atoms with Crippen LogP contribution in [-0.4, -0.2) is 37.6 Å². The normalized spacial score (nSPS) is 14.3. The number of hydrogen-bond acceptors (Lipinski definition) is 5. The van der Waals surface area contributed by atoms with Crippen LogP contribution in [-0.2, 0) is 0 Å². The highest BCUT2D eigenvalue weighted by Gasteiger charge is 2.16. The monoisotopic (exact) mass is 390 g/mol. The van der Waals surface area contributed by atoms with E-state index in [1.54, 1.807) is 47.2 Å². The Labute approximate surface area is 168 Å². The molecule has 2 aromatic heterocycles. The second-order valence-corrected chi connectivity index (χ2v) is 7.11. The summed E-state index contributed by atoms with van der Waals surface area (Å²) in [6.07, 6.45) is 10.3. The Hall–Kier alpha value is -3.55. The quantitative estimate of drug-likeness (QED) is 0.697. The van der Waals surface area contributed by atoms with Crippen LogP contribution in [0.1, 0.15) is 52.8 Å². The first kappa shape index (κ1) is 18.8. The Morgan fingerprint density at radius 2 is 1.62 bits per heavy atom. The van der Waals surface area contributed by atoms with Crippen molar-refractivity contribution in [2.24, 2.45) is 0 Å². The van der Waals surface area contributed by atoms with Crippen molar-refractivity contribution in [2.75, 3.05) is 5.32 Å². The van der Waals surface area contributed by atoms with E-state index in [0.29, 0.717) is 22.6 Å². The average Bonchev–Trinajstić information content (AvgIpc) is 3.30. The van der Waals surface area contributed by atoms with Crippen molar-refractivity contribution in [1.82, 2.24) is 25.1 Å². The van der Waals surface area contributed by atoms with Gasteiger partial charge in [-0.05, 0) is 49.2 Å². The summed E-state index contributed by atoms with van der Waals surface area (Å²) >= 11 is 0. The number of amides is 2. The van der Waals surface area contributed by atoms with Crippen LogP contribution in [0.2, 0.25) is 0 Å². The molecule has 3 aromatic rings. The number of rotatable bonds is 5. The number of aromatic nitrogens is 4. The third kappa shape index (κ3) is 4.66. The van der Waals surface area contributed by atoms with Crippen LogP contribution in [0.4, 0.5) is 5.69 Å². The molecule has 29 heavy (non-hydrogen) atoms. The Morgan fingerprint density at radius 3 is 2.34 bits per heavy atom. The van der Waals surface area contributed by atoms with Gasteiger partial charge >= 0.3 is 0 Å². The van der Waals surface area contributed by atoms with E-state index in [1.807, 2.05) is 0 Å². The van der Waals surface area contributed by atoms with Gasteiger partial charge in [0.25, 0.3) is 11.8 Å². The highest BCUT2D eigenvalue weighted by Crippen LogP contribution is 2.18. The molecule has 0 aliphatic heterocycles. The fraction of sp³-hybridized carbons (Fsp3) is 0.286. The molecule has 0 saturated heterocycles. The molecule has 2 heterocycles. The zero-order valence-corrected chi connectivity index (χ0v) is 15.9. The van der Waals surface area contributed by atoms with E-state index in [0.717, 1.165) is 12.8 Å². The number of hydrogen-bond donors (Lipinski definition) is 2. The maximum Gasteiger partial charge on any atom is 0.255 e. The number of nitrogens with zero attached hydrogens (tertiary/aromatic N) is 4. The van der Waals surface area contributed by atoms with E-state index < -0.39 is 0 Å². The zero-order valence-electron chi connectivity index (χ0n) is 15.9. The Kier molecular flexibility index (Phi) is 5.60. The topological polar surface area (TPSA) is 102 Å². The summed E-state index contributed by atoms with van der Waals surface area (Å²) in [5.41, 5.74) is 1.67. The summed E-state index contributed by atoms with van der Waals surface area (Å²) in [5.74, 6) is 0.223. The lowest BCUT2D eigenvalue weighted by Crippen LogP contribution is -2.36. The molecular formula is C21H22N6O2. The molecule has 2 amide bonds. The number of pyridine rings is 1. The van der Waals surface area contributed by atoms with E-state index in [9.17, 15) is 9.59 Å². The summed E-state index contributed by atoms with van der Waals surface area (Å²) in [6.45, 7) is 0. The summed E-state index contributed by atoms with van der Waals surface area (Å²) in [6, 6.07) is 10.5. The van der Waals surface area contributed by atoms with E-state index in [-0.39, 0.29) is 17.9 Å². The second kappa shape index (κ2) is 8.64. The molecule has 1 fully saturated rings. The first-order valence-electron chi connectivity index (χ1n) is 9.72. The molecule has 8 nitrogen and oxygen atoms in total. The standard InChI is InChI=1S/C21H22N6O2/c28-20(25-17-4-2-1-3-5-17)15-6-8-18(9-7-15)26-21(29)16-10-11-22-19(12-16)27-13-23-24-14-27/h6-14,17H,1-5H2,(H,25,28)(H,26,29). The van der Waals surface area contributed by atoms with Gasteiger partial charge in [0.1, 0.15) is 18.5 Å². The third-order valence-electron chi connectivity index (χ3n) is 5.04. The Morgan fingerprint density at radius 1 is 0.897 bits per heavy atom. The Balaban J connectivity index is 1.39. The number of anilines is 1. The summed E-state index contributed by atoms with van der Waals surface area (Å²) in [4.78, 5) is 29.2. The number of carbonyl (C=O) groups excluding carboxylic acids is 2. The van der Waals surface area contributed by atoms with Crippen molar-refractivity contribution in [3.63, 3.8) is 0 Å². The van der Waals surface area contributed by atoms with Crippen LogP contribution in [0.15, 0.2) is 55.2 Å². The maximum absolute atomic E-state index is 12.6. The molecule has 1 saturated carbocycles. The minimum atomic E-state index is -0.263. The minimum absolute atomic E-state index is 0.0671. The summed E-state index contributed by atoms with van der Waals surface area (Å²) in [7, 11) is 0. The van der Waals surface area contributed by atoms with E-state index in [2.05, 4.69) is 25.8 Å². The van der Waals surface area contributed by atoms with Crippen molar-refractivity contribution in [1.29, 1.82) is 0 Å². The number of carbonyl (C=O) groups is 2. The lowest BCUT2D eigenvalue weighted by Gasteiger charge is -2.22. The van der Waals surface area contributed by atoms with E-state index in [4.69, 9.17) is 0 Å². The first-order chi connectivity index (χ1) is 14.2. The highest BCUT2D eigenvalue weighted by atomic mass is 16.2. The lowest BCUT2D eigenvalue weighted by atomic mass is 9.95. The maximum atomic E-state index is 12.6. The molecule has 0 bridgehead atoms. The van der Waals surface area contributed by atoms with Crippen LogP contribution < -0.4 is 10.6 Å². The van der Waals surface area contributed by atoms with Gasteiger partial charge < -0.3 is 10.6 Å². The van der Waals surface area contributed by atoms with Crippen molar-refractivity contribution in [2.45, 2.75) is 38.1 Å². The molecule has 8 heteroatoms. The zero-order chi connectivity index (χ0) is 20.1. The van der Waals surface area contributed by atoms with E-state index in [1.165, 1.54) is 31.9 Å². The second-order valence-electron chi connectivity index (χ2n) is 7.11. The fourth-order valence-electron chi connectivity index (χ4n) is 3.44.